The predicted octanol–water partition coefficient (Wildman–Crippen LogP) is 14.8. The molecule has 10 aromatic carbocycles. The van der Waals surface area contributed by atoms with E-state index in [-0.39, 0.29) is 0 Å². The molecule has 0 aliphatic heterocycles. The van der Waals surface area contributed by atoms with Crippen LogP contribution >= 0.6 is 0 Å². The minimum absolute atomic E-state index is 0.904. The van der Waals surface area contributed by atoms with E-state index in [1.807, 2.05) is 12.1 Å². The van der Waals surface area contributed by atoms with Crippen LogP contribution in [-0.4, -0.2) is 4.57 Å². The van der Waals surface area contributed by atoms with Crippen molar-refractivity contribution in [2.24, 2.45) is 0 Å². The molecule has 0 aliphatic carbocycles. The first-order valence-corrected chi connectivity index (χ1v) is 18.8. The van der Waals surface area contributed by atoms with Gasteiger partial charge in [-0.2, -0.15) is 0 Å². The molecular weight excluding hydrogens is 671 g/mol. The van der Waals surface area contributed by atoms with Crippen LogP contribution in [0.3, 0.4) is 0 Å². The molecule has 3 aromatic heterocycles. The Morgan fingerprint density at radius 1 is 0.327 bits per heavy atom. The van der Waals surface area contributed by atoms with Gasteiger partial charge in [0.2, 0.25) is 0 Å². The smallest absolute Gasteiger partial charge is 0.143 e. The van der Waals surface area contributed by atoms with E-state index in [9.17, 15) is 0 Å². The molecule has 254 valence electrons. The van der Waals surface area contributed by atoms with Crippen molar-refractivity contribution in [2.45, 2.75) is 0 Å². The fourth-order valence-corrected chi connectivity index (χ4v) is 9.48. The van der Waals surface area contributed by atoms with Gasteiger partial charge in [0.05, 0.1) is 16.7 Å². The zero-order chi connectivity index (χ0) is 35.8. The maximum atomic E-state index is 6.54. The third kappa shape index (κ3) is 3.94. The summed E-state index contributed by atoms with van der Waals surface area (Å²) in [7, 11) is 0. The maximum Gasteiger partial charge on any atom is 0.143 e. The quantitative estimate of drug-likeness (QED) is 0.172. The van der Waals surface area contributed by atoms with Crippen molar-refractivity contribution in [3.05, 3.63) is 176 Å². The van der Waals surface area contributed by atoms with Crippen LogP contribution in [0.25, 0.3) is 126 Å². The van der Waals surface area contributed by atoms with E-state index in [4.69, 9.17) is 8.83 Å². The van der Waals surface area contributed by atoms with E-state index in [2.05, 4.69) is 168 Å². The van der Waals surface area contributed by atoms with E-state index in [1.54, 1.807) is 0 Å². The lowest BCUT2D eigenvalue weighted by molar-refractivity contribution is 0.669. The minimum Gasteiger partial charge on any atom is -0.455 e. The second kappa shape index (κ2) is 10.6. The van der Waals surface area contributed by atoms with Crippen molar-refractivity contribution in [1.29, 1.82) is 0 Å². The summed E-state index contributed by atoms with van der Waals surface area (Å²) >= 11 is 0. The summed E-state index contributed by atoms with van der Waals surface area (Å²) in [5.41, 5.74) is 11.5. The standard InChI is InChI=1S/C52H29NO2/c1-3-16-47-37(10-1)39-14-6-12-35(51(39)54-47)33-22-26-45-42(28-33)43-29-34(36-13-7-15-40-38-11-2-4-17-48(38)55-52(36)40)23-27-46(43)53(45)44-25-21-32-19-18-30-8-5-9-31-20-24-41(44)50(32)49(30)31/h1-29H. The fraction of sp³-hybridized carbons (Fsp3) is 0. The van der Waals surface area contributed by atoms with E-state index in [1.165, 1.54) is 48.8 Å². The molecule has 0 saturated carbocycles. The molecule has 0 spiro atoms. The van der Waals surface area contributed by atoms with E-state index < -0.39 is 0 Å². The van der Waals surface area contributed by atoms with E-state index in [0.717, 1.165) is 77.2 Å². The number of fused-ring (bicyclic) bond motifs is 9. The van der Waals surface area contributed by atoms with E-state index >= 15 is 0 Å². The molecule has 0 amide bonds. The number of para-hydroxylation sites is 4. The van der Waals surface area contributed by atoms with Crippen LogP contribution in [0.5, 0.6) is 0 Å². The molecule has 3 heterocycles. The lowest BCUT2D eigenvalue weighted by Crippen LogP contribution is -1.96. The Kier molecular flexibility index (Phi) is 5.63. The first-order chi connectivity index (χ1) is 27.3. The Morgan fingerprint density at radius 2 is 0.818 bits per heavy atom. The van der Waals surface area contributed by atoms with Gasteiger partial charge in [-0.15, -0.1) is 0 Å². The Hall–Kier alpha value is -7.36. The molecule has 3 nitrogen and oxygen atoms in total. The van der Waals surface area contributed by atoms with Gasteiger partial charge in [0.15, 0.2) is 0 Å². The molecule has 0 unspecified atom stereocenters. The van der Waals surface area contributed by atoms with Gasteiger partial charge in [0, 0.05) is 48.8 Å². The van der Waals surface area contributed by atoms with Gasteiger partial charge >= 0.3 is 0 Å². The number of rotatable bonds is 3. The molecule has 0 bridgehead atoms. The molecule has 13 rings (SSSR count). The SMILES string of the molecule is c1cc2ccc3ccc(-n4c5ccc(-c6cccc7c6oc6ccccc67)cc5c5cc(-c6cccc7c6oc6ccccc67)ccc54)c4ccc(c1)c2c34. The summed E-state index contributed by atoms with van der Waals surface area (Å²) < 4.78 is 15.6. The summed E-state index contributed by atoms with van der Waals surface area (Å²) in [6.07, 6.45) is 0. The van der Waals surface area contributed by atoms with Crippen molar-refractivity contribution in [1.82, 2.24) is 4.57 Å². The predicted molar refractivity (Wildman–Crippen MR) is 230 cm³/mol. The average Bonchev–Trinajstić information content (AvgIpc) is 3.92. The lowest BCUT2D eigenvalue weighted by atomic mass is 9.93. The topological polar surface area (TPSA) is 31.2 Å². The van der Waals surface area contributed by atoms with E-state index in [0.29, 0.717) is 0 Å². The number of hydrogen-bond donors (Lipinski definition) is 0. The van der Waals surface area contributed by atoms with Gasteiger partial charge < -0.3 is 13.4 Å². The first kappa shape index (κ1) is 29.1. The van der Waals surface area contributed by atoms with Gasteiger partial charge in [0.25, 0.3) is 0 Å². The van der Waals surface area contributed by atoms with Crippen molar-refractivity contribution >= 4 is 98.0 Å². The number of benzene rings is 10. The zero-order valence-electron chi connectivity index (χ0n) is 29.5. The third-order valence-corrected chi connectivity index (χ3v) is 11.9. The van der Waals surface area contributed by atoms with Crippen LogP contribution in [0, 0.1) is 0 Å². The zero-order valence-corrected chi connectivity index (χ0v) is 29.5. The van der Waals surface area contributed by atoms with Crippen LogP contribution < -0.4 is 0 Å². The summed E-state index contributed by atoms with van der Waals surface area (Å²) in [5.74, 6) is 0. The van der Waals surface area contributed by atoms with Gasteiger partial charge in [-0.1, -0.05) is 133 Å². The first-order valence-electron chi connectivity index (χ1n) is 18.8. The lowest BCUT2D eigenvalue weighted by Gasteiger charge is -2.16. The van der Waals surface area contributed by atoms with Gasteiger partial charge in [-0.25, -0.2) is 0 Å². The highest BCUT2D eigenvalue weighted by atomic mass is 16.3. The highest BCUT2D eigenvalue weighted by molar-refractivity contribution is 6.25. The Balaban J connectivity index is 1.12. The van der Waals surface area contributed by atoms with Gasteiger partial charge in [-0.05, 0) is 80.5 Å². The maximum absolute atomic E-state index is 6.54. The number of hydrogen-bond acceptors (Lipinski definition) is 2. The highest BCUT2D eigenvalue weighted by Crippen LogP contribution is 2.44. The number of nitrogens with zero attached hydrogens (tertiary/aromatic N) is 1. The summed E-state index contributed by atoms with van der Waals surface area (Å²) in [4.78, 5) is 0. The molecule has 0 aliphatic rings. The Bertz CT molecular complexity index is 3540. The Morgan fingerprint density at radius 3 is 1.42 bits per heavy atom. The molecule has 0 atom stereocenters. The van der Waals surface area contributed by atoms with Crippen molar-refractivity contribution < 1.29 is 8.83 Å². The van der Waals surface area contributed by atoms with Crippen LogP contribution in [0.4, 0.5) is 0 Å². The largest absolute Gasteiger partial charge is 0.455 e. The molecule has 0 radical (unpaired) electrons. The van der Waals surface area contributed by atoms with Crippen LogP contribution in [0.1, 0.15) is 0 Å². The summed E-state index contributed by atoms with van der Waals surface area (Å²) in [5, 5.41) is 14.6. The van der Waals surface area contributed by atoms with Crippen molar-refractivity contribution in [3.8, 4) is 27.9 Å². The minimum atomic E-state index is 0.904. The summed E-state index contributed by atoms with van der Waals surface area (Å²) in [6.45, 7) is 0. The summed E-state index contributed by atoms with van der Waals surface area (Å²) in [6, 6.07) is 63.7. The van der Waals surface area contributed by atoms with Gasteiger partial charge in [0.1, 0.15) is 22.3 Å². The molecule has 0 N–H and O–H groups in total. The third-order valence-electron chi connectivity index (χ3n) is 11.9. The fourth-order valence-electron chi connectivity index (χ4n) is 9.48. The second-order valence-corrected chi connectivity index (χ2v) is 14.8. The van der Waals surface area contributed by atoms with Crippen molar-refractivity contribution in [3.63, 3.8) is 0 Å². The second-order valence-electron chi connectivity index (χ2n) is 14.8. The average molecular weight is 700 g/mol. The van der Waals surface area contributed by atoms with Crippen molar-refractivity contribution in [2.75, 3.05) is 0 Å². The molecule has 13 aromatic rings. The number of aromatic nitrogens is 1. The van der Waals surface area contributed by atoms with Crippen LogP contribution in [0.15, 0.2) is 185 Å². The monoisotopic (exact) mass is 699 g/mol. The van der Waals surface area contributed by atoms with Gasteiger partial charge in [-0.3, -0.25) is 0 Å². The number of furan rings is 2. The molecule has 3 heteroatoms. The van der Waals surface area contributed by atoms with Crippen LogP contribution in [-0.2, 0) is 0 Å². The molecule has 0 fully saturated rings. The normalized spacial score (nSPS) is 12.4. The Labute approximate surface area is 314 Å². The molecule has 55 heavy (non-hydrogen) atoms. The molecule has 0 saturated heterocycles. The molecular formula is C52H29NO2. The highest BCUT2D eigenvalue weighted by Gasteiger charge is 2.21. The van der Waals surface area contributed by atoms with Crippen LogP contribution in [0.2, 0.25) is 0 Å².